The zero-order valence-electron chi connectivity index (χ0n) is 19.5. The minimum absolute atomic E-state index is 0.0353. The van der Waals surface area contributed by atoms with Gasteiger partial charge in [-0.25, -0.2) is 0 Å². The average Bonchev–Trinajstić information content (AvgIpc) is 2.88. The van der Waals surface area contributed by atoms with Crippen LogP contribution in [0.4, 0.5) is 5.69 Å². The summed E-state index contributed by atoms with van der Waals surface area (Å²) in [5, 5.41) is 3.03. The molecule has 0 spiro atoms. The number of unbranched alkanes of at least 4 members (excludes halogenated alkanes) is 1. The monoisotopic (exact) mass is 451 g/mol. The lowest BCUT2D eigenvalue weighted by Crippen LogP contribution is -2.46. The van der Waals surface area contributed by atoms with Gasteiger partial charge in [0.1, 0.15) is 23.9 Å². The molecule has 1 saturated heterocycles. The van der Waals surface area contributed by atoms with Crippen molar-refractivity contribution in [3.8, 4) is 17.2 Å². The summed E-state index contributed by atoms with van der Waals surface area (Å²) in [6.45, 7) is 6.05. The number of anilines is 1. The van der Waals surface area contributed by atoms with Gasteiger partial charge in [0.15, 0.2) is 0 Å². The van der Waals surface area contributed by atoms with Crippen molar-refractivity contribution in [3.63, 3.8) is 0 Å². The van der Waals surface area contributed by atoms with E-state index in [2.05, 4.69) is 27.2 Å². The minimum atomic E-state index is -0.0353. The molecule has 0 unspecified atom stereocenters. The predicted molar refractivity (Wildman–Crippen MR) is 130 cm³/mol. The number of ether oxygens (including phenoxy) is 3. The first kappa shape index (κ1) is 23.0. The van der Waals surface area contributed by atoms with Gasteiger partial charge in [0, 0.05) is 62.2 Å². The largest absolute Gasteiger partial charge is 0.497 e. The molecule has 176 valence electrons. The molecule has 1 fully saturated rings. The van der Waals surface area contributed by atoms with Crippen LogP contribution in [0.1, 0.15) is 18.4 Å². The molecule has 33 heavy (non-hydrogen) atoms. The quantitative estimate of drug-likeness (QED) is 0.591. The number of benzene rings is 2. The third kappa shape index (κ3) is 5.99. The van der Waals surface area contributed by atoms with Crippen LogP contribution >= 0.6 is 0 Å². The summed E-state index contributed by atoms with van der Waals surface area (Å²) >= 11 is 0. The third-order valence-electron chi connectivity index (χ3n) is 6.18. The molecule has 2 heterocycles. The maximum Gasteiger partial charge on any atom is 0.250 e. The zero-order chi connectivity index (χ0) is 23.0. The summed E-state index contributed by atoms with van der Waals surface area (Å²) < 4.78 is 16.5. The van der Waals surface area contributed by atoms with Crippen LogP contribution in [-0.4, -0.2) is 70.9 Å². The number of nitrogens with one attached hydrogen (secondary N) is 1. The SMILES string of the molecule is COc1cc(OC)cc(N2CCN(CCCCNC(=O)C3=Cc4ccccc4OC3)CC2)c1. The topological polar surface area (TPSA) is 63.3 Å². The van der Waals surface area contributed by atoms with Crippen LogP contribution in [0.15, 0.2) is 48.0 Å². The van der Waals surface area contributed by atoms with Crippen LogP contribution in [0.25, 0.3) is 6.08 Å². The van der Waals surface area contributed by atoms with E-state index in [4.69, 9.17) is 14.2 Å². The first-order valence-corrected chi connectivity index (χ1v) is 11.6. The van der Waals surface area contributed by atoms with E-state index in [0.29, 0.717) is 18.7 Å². The van der Waals surface area contributed by atoms with E-state index in [1.807, 2.05) is 36.4 Å². The molecule has 7 nitrogen and oxygen atoms in total. The number of rotatable bonds is 9. The molecule has 2 aromatic rings. The van der Waals surface area contributed by atoms with Gasteiger partial charge in [-0.1, -0.05) is 18.2 Å². The molecule has 0 bridgehead atoms. The Hall–Kier alpha value is -3.19. The Morgan fingerprint density at radius 2 is 1.73 bits per heavy atom. The fourth-order valence-corrected chi connectivity index (χ4v) is 4.23. The van der Waals surface area contributed by atoms with E-state index in [1.165, 1.54) is 0 Å². The summed E-state index contributed by atoms with van der Waals surface area (Å²) in [6.07, 6.45) is 3.95. The molecule has 2 aromatic carbocycles. The second-order valence-corrected chi connectivity index (χ2v) is 8.36. The lowest BCUT2D eigenvalue weighted by atomic mass is 10.1. The molecule has 0 aliphatic carbocycles. The molecule has 0 aromatic heterocycles. The molecular weight excluding hydrogens is 418 g/mol. The van der Waals surface area contributed by atoms with Crippen LogP contribution < -0.4 is 24.4 Å². The number of methoxy groups -OCH3 is 2. The molecule has 2 aliphatic rings. The Kier molecular flexibility index (Phi) is 7.73. The summed E-state index contributed by atoms with van der Waals surface area (Å²) in [4.78, 5) is 17.3. The number of carbonyl (C=O) groups excluding carboxylic acids is 1. The highest BCUT2D eigenvalue weighted by molar-refractivity contribution is 5.99. The molecule has 2 aliphatic heterocycles. The molecule has 4 rings (SSSR count). The van der Waals surface area contributed by atoms with Crippen LogP contribution in [0, 0.1) is 0 Å². The van der Waals surface area contributed by atoms with Crippen molar-refractivity contribution in [3.05, 3.63) is 53.6 Å². The van der Waals surface area contributed by atoms with Gasteiger partial charge in [-0.15, -0.1) is 0 Å². The van der Waals surface area contributed by atoms with E-state index >= 15 is 0 Å². The van der Waals surface area contributed by atoms with Gasteiger partial charge in [-0.05, 0) is 31.5 Å². The second kappa shape index (κ2) is 11.1. The van der Waals surface area contributed by atoms with E-state index in [0.717, 1.165) is 74.1 Å². The van der Waals surface area contributed by atoms with Gasteiger partial charge < -0.3 is 24.4 Å². The maximum absolute atomic E-state index is 12.4. The van der Waals surface area contributed by atoms with Gasteiger partial charge in [-0.2, -0.15) is 0 Å². The fraction of sp³-hybridized carbons (Fsp3) is 0.423. The van der Waals surface area contributed by atoms with Gasteiger partial charge in [0.05, 0.1) is 19.8 Å². The van der Waals surface area contributed by atoms with Crippen LogP contribution in [0.2, 0.25) is 0 Å². The summed E-state index contributed by atoms with van der Waals surface area (Å²) in [5.74, 6) is 2.42. The second-order valence-electron chi connectivity index (χ2n) is 8.36. The highest BCUT2D eigenvalue weighted by Gasteiger charge is 2.19. The Labute approximate surface area is 195 Å². The van der Waals surface area contributed by atoms with E-state index in [9.17, 15) is 4.79 Å². The number of para-hydroxylation sites is 1. The van der Waals surface area contributed by atoms with Gasteiger partial charge in [-0.3, -0.25) is 9.69 Å². The summed E-state index contributed by atoms with van der Waals surface area (Å²) in [7, 11) is 3.36. The van der Waals surface area contributed by atoms with Crippen molar-refractivity contribution in [2.75, 3.05) is 65.0 Å². The van der Waals surface area contributed by atoms with Gasteiger partial charge in [0.25, 0.3) is 5.91 Å². The Bertz CT molecular complexity index is 961. The number of hydrogen-bond acceptors (Lipinski definition) is 6. The van der Waals surface area contributed by atoms with Crippen LogP contribution in [-0.2, 0) is 4.79 Å². The lowest BCUT2D eigenvalue weighted by molar-refractivity contribution is -0.117. The van der Waals surface area contributed by atoms with Gasteiger partial charge in [0.2, 0.25) is 0 Å². The van der Waals surface area contributed by atoms with Crippen molar-refractivity contribution >= 4 is 17.7 Å². The molecule has 7 heteroatoms. The van der Waals surface area contributed by atoms with Crippen molar-refractivity contribution < 1.29 is 19.0 Å². The van der Waals surface area contributed by atoms with E-state index < -0.39 is 0 Å². The number of carbonyl (C=O) groups is 1. The normalized spacial score (nSPS) is 15.8. The minimum Gasteiger partial charge on any atom is -0.497 e. The maximum atomic E-state index is 12.4. The van der Waals surface area contributed by atoms with Gasteiger partial charge >= 0.3 is 0 Å². The number of amides is 1. The molecule has 0 saturated carbocycles. The van der Waals surface area contributed by atoms with Crippen molar-refractivity contribution in [1.29, 1.82) is 0 Å². The van der Waals surface area contributed by atoms with Crippen LogP contribution in [0.5, 0.6) is 17.2 Å². The Morgan fingerprint density at radius 3 is 2.45 bits per heavy atom. The molecule has 0 atom stereocenters. The highest BCUT2D eigenvalue weighted by Crippen LogP contribution is 2.29. The predicted octanol–water partition coefficient (Wildman–Crippen LogP) is 3.20. The number of nitrogens with zero attached hydrogens (tertiary/aromatic N) is 2. The lowest BCUT2D eigenvalue weighted by Gasteiger charge is -2.36. The van der Waals surface area contributed by atoms with Crippen LogP contribution in [0.3, 0.4) is 0 Å². The first-order valence-electron chi connectivity index (χ1n) is 11.6. The molecule has 0 radical (unpaired) electrons. The number of fused-ring (bicyclic) bond motifs is 1. The van der Waals surface area contributed by atoms with E-state index in [-0.39, 0.29) is 5.91 Å². The highest BCUT2D eigenvalue weighted by atomic mass is 16.5. The third-order valence-corrected chi connectivity index (χ3v) is 6.18. The smallest absolute Gasteiger partial charge is 0.250 e. The number of hydrogen-bond donors (Lipinski definition) is 1. The molecule has 1 amide bonds. The Balaban J connectivity index is 1.15. The average molecular weight is 452 g/mol. The van der Waals surface area contributed by atoms with Crippen molar-refractivity contribution in [2.24, 2.45) is 0 Å². The summed E-state index contributed by atoms with van der Waals surface area (Å²) in [6, 6.07) is 13.8. The first-order chi connectivity index (χ1) is 16.2. The zero-order valence-corrected chi connectivity index (χ0v) is 19.5. The Morgan fingerprint density at radius 1 is 1.00 bits per heavy atom. The fourth-order valence-electron chi connectivity index (χ4n) is 4.23. The van der Waals surface area contributed by atoms with Crippen molar-refractivity contribution in [1.82, 2.24) is 10.2 Å². The molecule has 1 N–H and O–H groups in total. The standard InChI is InChI=1S/C26H33N3O4/c1-31-23-16-22(17-24(18-23)32-2)29-13-11-28(12-14-29)10-6-5-9-27-26(30)21-15-20-7-3-4-8-25(20)33-19-21/h3-4,7-8,15-18H,5-6,9-14,19H2,1-2H3,(H,27,30). The van der Waals surface area contributed by atoms with E-state index in [1.54, 1.807) is 14.2 Å². The number of piperazine rings is 1. The summed E-state index contributed by atoms with van der Waals surface area (Å²) in [5.41, 5.74) is 2.77. The van der Waals surface area contributed by atoms with Crippen molar-refractivity contribution in [2.45, 2.75) is 12.8 Å². The molecular formula is C26H33N3O4.